The summed E-state index contributed by atoms with van der Waals surface area (Å²) in [4.78, 5) is 26.5. The van der Waals surface area contributed by atoms with Gasteiger partial charge in [0.2, 0.25) is 11.8 Å². The van der Waals surface area contributed by atoms with E-state index in [2.05, 4.69) is 15.7 Å². The molecule has 0 spiro atoms. The lowest BCUT2D eigenvalue weighted by Gasteiger charge is -2.20. The highest BCUT2D eigenvalue weighted by Gasteiger charge is 2.34. The summed E-state index contributed by atoms with van der Waals surface area (Å²) in [5.74, 6) is -0.302. The van der Waals surface area contributed by atoms with Gasteiger partial charge in [0.1, 0.15) is 0 Å². The largest absolute Gasteiger partial charge is 0.347 e. The quantitative estimate of drug-likeness (QED) is 0.767. The van der Waals surface area contributed by atoms with Crippen LogP contribution in [0.5, 0.6) is 0 Å². The molecule has 1 aliphatic heterocycles. The number of aryl methyl sites for hydroxylation is 1. The molecular weight excluding hydrogens is 366 g/mol. The molecule has 1 fully saturated rings. The van der Waals surface area contributed by atoms with Gasteiger partial charge in [0.15, 0.2) is 0 Å². The number of rotatable bonds is 6. The molecule has 0 saturated carbocycles. The highest BCUT2D eigenvalue weighted by atomic mass is 35.5. The van der Waals surface area contributed by atoms with Crippen LogP contribution in [-0.4, -0.2) is 53.2 Å². The third-order valence-corrected chi connectivity index (χ3v) is 4.81. The molecule has 1 aromatic carbocycles. The number of hydrogen-bond acceptors (Lipinski definition) is 4. The predicted molar refractivity (Wildman–Crippen MR) is 105 cm³/mol. The smallest absolute Gasteiger partial charge is 0.242 e. The van der Waals surface area contributed by atoms with Crippen molar-refractivity contribution in [2.75, 3.05) is 26.7 Å². The number of benzene rings is 1. The molecule has 3 rings (SSSR count). The van der Waals surface area contributed by atoms with E-state index in [4.69, 9.17) is 0 Å². The third-order valence-electron chi connectivity index (χ3n) is 4.81. The molecule has 2 atom stereocenters. The average Bonchev–Trinajstić information content (AvgIpc) is 3.28. The number of amides is 2. The highest BCUT2D eigenvalue weighted by molar-refractivity contribution is 5.86. The van der Waals surface area contributed by atoms with Crippen molar-refractivity contribution in [3.05, 3.63) is 53.9 Å². The number of carbonyl (C=O) groups excluding carboxylic acids is 2. The minimum Gasteiger partial charge on any atom is -0.347 e. The van der Waals surface area contributed by atoms with Gasteiger partial charge in [-0.05, 0) is 11.1 Å². The van der Waals surface area contributed by atoms with E-state index in [0.717, 1.165) is 17.7 Å². The minimum absolute atomic E-state index is 0. The maximum absolute atomic E-state index is 12.6. The Morgan fingerprint density at radius 3 is 2.70 bits per heavy atom. The number of aromatic nitrogens is 2. The van der Waals surface area contributed by atoms with E-state index < -0.39 is 0 Å². The van der Waals surface area contributed by atoms with E-state index in [9.17, 15) is 9.59 Å². The number of halogens is 1. The van der Waals surface area contributed by atoms with Crippen LogP contribution in [0.25, 0.3) is 0 Å². The second-order valence-corrected chi connectivity index (χ2v) is 6.77. The second kappa shape index (κ2) is 9.53. The Kier molecular flexibility index (Phi) is 7.38. The number of nitrogens with one attached hydrogen (secondary N) is 2. The Morgan fingerprint density at radius 2 is 2.04 bits per heavy atom. The van der Waals surface area contributed by atoms with Crippen LogP contribution in [0.1, 0.15) is 17.0 Å². The molecule has 0 radical (unpaired) electrons. The Labute approximate surface area is 165 Å². The summed E-state index contributed by atoms with van der Waals surface area (Å²) in [5, 5.41) is 10.2. The zero-order chi connectivity index (χ0) is 18.5. The summed E-state index contributed by atoms with van der Waals surface area (Å²) in [6.07, 6.45) is 3.74. The van der Waals surface area contributed by atoms with Crippen LogP contribution < -0.4 is 10.6 Å². The molecule has 0 unspecified atom stereocenters. The lowest BCUT2D eigenvalue weighted by Crippen LogP contribution is -2.41. The molecule has 2 N–H and O–H groups in total. The SMILES string of the molecule is CN(Cc1ccccc1)C(=O)CNC(=O)[C@H]1CNC[C@@H]1c1cnn(C)c1.Cl. The van der Waals surface area contributed by atoms with Gasteiger partial charge < -0.3 is 15.5 Å². The molecule has 0 bridgehead atoms. The van der Waals surface area contributed by atoms with Crippen molar-refractivity contribution >= 4 is 24.2 Å². The molecule has 7 nitrogen and oxygen atoms in total. The molecule has 1 aromatic heterocycles. The van der Waals surface area contributed by atoms with E-state index in [1.807, 2.05) is 43.6 Å². The summed E-state index contributed by atoms with van der Waals surface area (Å²) in [7, 11) is 3.61. The van der Waals surface area contributed by atoms with E-state index in [-0.39, 0.29) is 42.6 Å². The van der Waals surface area contributed by atoms with Crippen molar-refractivity contribution in [1.29, 1.82) is 0 Å². The van der Waals surface area contributed by atoms with Gasteiger partial charge in [0.25, 0.3) is 0 Å². The topological polar surface area (TPSA) is 79.3 Å². The van der Waals surface area contributed by atoms with Gasteiger partial charge in [-0.25, -0.2) is 0 Å². The predicted octanol–water partition coefficient (Wildman–Crippen LogP) is 0.920. The molecule has 1 aliphatic rings. The minimum atomic E-state index is -0.188. The number of hydrogen-bond donors (Lipinski definition) is 2. The fraction of sp³-hybridized carbons (Fsp3) is 0.421. The van der Waals surface area contributed by atoms with Crippen LogP contribution in [0.15, 0.2) is 42.7 Å². The van der Waals surface area contributed by atoms with Crippen LogP contribution in [0, 0.1) is 5.92 Å². The molecule has 8 heteroatoms. The van der Waals surface area contributed by atoms with Crippen molar-refractivity contribution < 1.29 is 9.59 Å². The van der Waals surface area contributed by atoms with Crippen molar-refractivity contribution in [2.24, 2.45) is 13.0 Å². The number of nitrogens with zero attached hydrogens (tertiary/aromatic N) is 3. The Balaban J connectivity index is 0.00000261. The van der Waals surface area contributed by atoms with Gasteiger partial charge in [0.05, 0.1) is 18.7 Å². The van der Waals surface area contributed by atoms with Crippen LogP contribution in [0.2, 0.25) is 0 Å². The molecule has 2 heterocycles. The first-order chi connectivity index (χ1) is 12.5. The summed E-state index contributed by atoms with van der Waals surface area (Å²) in [6, 6.07) is 9.79. The lowest BCUT2D eigenvalue weighted by atomic mass is 9.90. The van der Waals surface area contributed by atoms with E-state index >= 15 is 0 Å². The standard InChI is InChI=1S/C19H25N5O2.ClH/c1-23(12-14-6-4-3-5-7-14)18(25)11-21-19(26)17-10-20-9-16(17)15-8-22-24(2)13-15;/h3-8,13,16-17,20H,9-12H2,1-2H3,(H,21,26);1H/t16-,17+;/m1./s1. The first-order valence-electron chi connectivity index (χ1n) is 8.79. The van der Waals surface area contributed by atoms with E-state index in [1.54, 1.807) is 22.8 Å². The second-order valence-electron chi connectivity index (χ2n) is 6.77. The zero-order valence-corrected chi connectivity index (χ0v) is 16.4. The molecule has 146 valence electrons. The van der Waals surface area contributed by atoms with Crippen LogP contribution in [0.4, 0.5) is 0 Å². The van der Waals surface area contributed by atoms with Gasteiger partial charge >= 0.3 is 0 Å². The normalized spacial score (nSPS) is 18.6. The fourth-order valence-electron chi connectivity index (χ4n) is 3.31. The summed E-state index contributed by atoms with van der Waals surface area (Å²) >= 11 is 0. The maximum Gasteiger partial charge on any atom is 0.242 e. The number of carbonyl (C=O) groups is 2. The van der Waals surface area contributed by atoms with Crippen LogP contribution >= 0.6 is 12.4 Å². The highest BCUT2D eigenvalue weighted by Crippen LogP contribution is 2.27. The van der Waals surface area contributed by atoms with Gasteiger partial charge in [-0.2, -0.15) is 5.10 Å². The monoisotopic (exact) mass is 391 g/mol. The number of likely N-dealkylation sites (N-methyl/N-ethyl adjacent to an activating group) is 1. The van der Waals surface area contributed by atoms with Crippen molar-refractivity contribution in [3.63, 3.8) is 0 Å². The third kappa shape index (κ3) is 5.30. The van der Waals surface area contributed by atoms with Crippen LogP contribution in [0.3, 0.4) is 0 Å². The van der Waals surface area contributed by atoms with Crippen molar-refractivity contribution in [3.8, 4) is 0 Å². The van der Waals surface area contributed by atoms with Gasteiger partial charge in [0, 0.05) is 45.8 Å². The molecule has 2 aromatic rings. The Morgan fingerprint density at radius 1 is 1.30 bits per heavy atom. The molecule has 1 saturated heterocycles. The molecule has 27 heavy (non-hydrogen) atoms. The first-order valence-corrected chi connectivity index (χ1v) is 8.79. The van der Waals surface area contributed by atoms with Gasteiger partial charge in [-0.15, -0.1) is 12.4 Å². The lowest BCUT2D eigenvalue weighted by molar-refractivity contribution is -0.133. The van der Waals surface area contributed by atoms with Crippen LogP contribution in [-0.2, 0) is 23.2 Å². The van der Waals surface area contributed by atoms with E-state index in [0.29, 0.717) is 13.1 Å². The summed E-state index contributed by atoms with van der Waals surface area (Å²) in [5.41, 5.74) is 2.11. The summed E-state index contributed by atoms with van der Waals surface area (Å²) in [6.45, 7) is 1.89. The molecular formula is C19H26ClN5O2. The molecule has 0 aliphatic carbocycles. The van der Waals surface area contributed by atoms with Gasteiger partial charge in [-0.3, -0.25) is 14.3 Å². The van der Waals surface area contributed by atoms with Crippen molar-refractivity contribution in [2.45, 2.75) is 12.5 Å². The Bertz CT molecular complexity index is 764. The zero-order valence-electron chi connectivity index (χ0n) is 15.6. The fourth-order valence-corrected chi connectivity index (χ4v) is 3.31. The summed E-state index contributed by atoms with van der Waals surface area (Å²) < 4.78 is 1.74. The van der Waals surface area contributed by atoms with Crippen molar-refractivity contribution in [1.82, 2.24) is 25.3 Å². The first kappa shape index (κ1) is 20.9. The maximum atomic E-state index is 12.6. The Hall–Kier alpha value is -2.38. The van der Waals surface area contributed by atoms with Gasteiger partial charge in [-0.1, -0.05) is 30.3 Å². The average molecular weight is 392 g/mol. The van der Waals surface area contributed by atoms with E-state index in [1.165, 1.54) is 0 Å². The molecule has 2 amide bonds.